The maximum atomic E-state index is 12.7. The van der Waals surface area contributed by atoms with Crippen LogP contribution >= 0.6 is 0 Å². The van der Waals surface area contributed by atoms with E-state index in [1.807, 2.05) is 73.7 Å². The lowest BCUT2D eigenvalue weighted by molar-refractivity contribution is -0.122. The Morgan fingerprint density at radius 2 is 1.82 bits per heavy atom. The highest BCUT2D eigenvalue weighted by molar-refractivity contribution is 6.04. The molecule has 0 aliphatic carbocycles. The molecule has 3 aromatic carbocycles. The Morgan fingerprint density at radius 3 is 2.57 bits per heavy atom. The summed E-state index contributed by atoms with van der Waals surface area (Å²) in [6.45, 7) is 2.90. The monoisotopic (exact) mass is 374 g/mol. The zero-order chi connectivity index (χ0) is 19.5. The highest BCUT2D eigenvalue weighted by Crippen LogP contribution is 2.28. The molecule has 1 fully saturated rings. The molecule has 0 saturated carbocycles. The molecule has 2 amide bonds. The minimum Gasteiger partial charge on any atom is -0.494 e. The van der Waals surface area contributed by atoms with E-state index in [0.717, 1.165) is 27.9 Å². The second-order valence-electron chi connectivity index (χ2n) is 6.88. The van der Waals surface area contributed by atoms with Gasteiger partial charge in [-0.05, 0) is 54.1 Å². The molecule has 5 heteroatoms. The SMILES string of the molecule is CCOc1ccc(N2C[C@H](C(=O)Nc3ccc4ccccc4c3)CC2=O)cc1. The molecule has 0 aromatic heterocycles. The average Bonchev–Trinajstić information content (AvgIpc) is 3.11. The molecule has 3 aromatic rings. The molecular weight excluding hydrogens is 352 g/mol. The van der Waals surface area contributed by atoms with Crippen molar-refractivity contribution in [2.24, 2.45) is 5.92 Å². The summed E-state index contributed by atoms with van der Waals surface area (Å²) in [6.07, 6.45) is 0.215. The first kappa shape index (κ1) is 18.0. The van der Waals surface area contributed by atoms with Crippen LogP contribution in [0.5, 0.6) is 5.75 Å². The molecule has 1 aliphatic heterocycles. The lowest BCUT2D eigenvalue weighted by Gasteiger charge is -2.17. The van der Waals surface area contributed by atoms with Crippen molar-refractivity contribution in [1.82, 2.24) is 0 Å². The fraction of sp³-hybridized carbons (Fsp3) is 0.217. The third kappa shape index (κ3) is 3.69. The topological polar surface area (TPSA) is 58.6 Å². The number of rotatable bonds is 5. The molecule has 28 heavy (non-hydrogen) atoms. The number of hydrogen-bond acceptors (Lipinski definition) is 3. The normalized spacial score (nSPS) is 16.4. The van der Waals surface area contributed by atoms with Gasteiger partial charge in [-0.15, -0.1) is 0 Å². The third-order valence-electron chi connectivity index (χ3n) is 4.97. The minimum absolute atomic E-state index is 0.0391. The number of anilines is 2. The summed E-state index contributed by atoms with van der Waals surface area (Å²) in [5.41, 5.74) is 1.53. The molecule has 0 unspecified atom stereocenters. The van der Waals surface area contributed by atoms with Crippen LogP contribution in [0.1, 0.15) is 13.3 Å². The van der Waals surface area contributed by atoms with Gasteiger partial charge in [-0.2, -0.15) is 0 Å². The van der Waals surface area contributed by atoms with Gasteiger partial charge in [0.05, 0.1) is 12.5 Å². The van der Waals surface area contributed by atoms with Crippen molar-refractivity contribution in [2.45, 2.75) is 13.3 Å². The summed E-state index contributed by atoms with van der Waals surface area (Å²) in [4.78, 5) is 26.8. The quantitative estimate of drug-likeness (QED) is 0.727. The van der Waals surface area contributed by atoms with Crippen LogP contribution < -0.4 is 15.0 Å². The standard InChI is InChI=1S/C23H22N2O3/c1-2-28-21-11-9-20(10-12-21)25-15-18(14-22(25)26)23(27)24-19-8-7-16-5-3-4-6-17(16)13-19/h3-13,18H,2,14-15H2,1H3,(H,24,27)/t18-/m1/s1. The van der Waals surface area contributed by atoms with E-state index in [1.165, 1.54) is 0 Å². The molecule has 1 heterocycles. The van der Waals surface area contributed by atoms with Gasteiger partial charge < -0.3 is 15.0 Å². The first-order valence-corrected chi connectivity index (χ1v) is 9.47. The second kappa shape index (κ2) is 7.72. The van der Waals surface area contributed by atoms with Crippen molar-refractivity contribution in [3.8, 4) is 5.75 Å². The van der Waals surface area contributed by atoms with Crippen LogP contribution in [0.15, 0.2) is 66.7 Å². The van der Waals surface area contributed by atoms with Gasteiger partial charge in [0.15, 0.2) is 0 Å². The van der Waals surface area contributed by atoms with Crippen molar-refractivity contribution in [3.63, 3.8) is 0 Å². The Balaban J connectivity index is 1.44. The number of hydrogen-bond donors (Lipinski definition) is 1. The molecule has 1 saturated heterocycles. The molecule has 142 valence electrons. The largest absolute Gasteiger partial charge is 0.494 e. The van der Waals surface area contributed by atoms with Gasteiger partial charge in [0, 0.05) is 24.3 Å². The Hall–Kier alpha value is -3.34. The lowest BCUT2D eigenvalue weighted by Crippen LogP contribution is -2.28. The van der Waals surface area contributed by atoms with Crippen molar-refractivity contribution < 1.29 is 14.3 Å². The van der Waals surface area contributed by atoms with E-state index in [2.05, 4.69) is 5.32 Å². The van der Waals surface area contributed by atoms with Crippen LogP contribution in [0.25, 0.3) is 10.8 Å². The van der Waals surface area contributed by atoms with Crippen LogP contribution in [0.3, 0.4) is 0 Å². The number of ether oxygens (including phenoxy) is 1. The van der Waals surface area contributed by atoms with Gasteiger partial charge in [0.25, 0.3) is 0 Å². The predicted octanol–water partition coefficient (Wildman–Crippen LogP) is 4.23. The Labute approximate surface area is 163 Å². The van der Waals surface area contributed by atoms with Gasteiger partial charge in [-0.3, -0.25) is 9.59 Å². The molecule has 0 radical (unpaired) electrons. The van der Waals surface area contributed by atoms with Crippen LogP contribution in [0, 0.1) is 5.92 Å². The minimum atomic E-state index is -0.370. The van der Waals surface area contributed by atoms with Crippen LogP contribution in [0.2, 0.25) is 0 Å². The number of carbonyl (C=O) groups excluding carboxylic acids is 2. The molecule has 1 aliphatic rings. The highest BCUT2D eigenvalue weighted by atomic mass is 16.5. The molecule has 5 nitrogen and oxygen atoms in total. The van der Waals surface area contributed by atoms with Gasteiger partial charge in [-0.25, -0.2) is 0 Å². The molecule has 0 spiro atoms. The fourth-order valence-corrected chi connectivity index (χ4v) is 3.53. The van der Waals surface area contributed by atoms with Crippen LogP contribution in [-0.4, -0.2) is 25.0 Å². The maximum Gasteiger partial charge on any atom is 0.229 e. The van der Waals surface area contributed by atoms with Crippen molar-refractivity contribution in [2.75, 3.05) is 23.4 Å². The average molecular weight is 374 g/mol. The van der Waals surface area contributed by atoms with E-state index in [0.29, 0.717) is 13.2 Å². The smallest absolute Gasteiger partial charge is 0.229 e. The van der Waals surface area contributed by atoms with Crippen LogP contribution in [0.4, 0.5) is 11.4 Å². The number of benzene rings is 3. The lowest BCUT2D eigenvalue weighted by atomic mass is 10.1. The molecular formula is C23H22N2O3. The maximum absolute atomic E-state index is 12.7. The number of carbonyl (C=O) groups is 2. The van der Waals surface area contributed by atoms with Gasteiger partial charge >= 0.3 is 0 Å². The number of fused-ring (bicyclic) bond motifs is 1. The fourth-order valence-electron chi connectivity index (χ4n) is 3.53. The summed E-state index contributed by atoms with van der Waals surface area (Å²) >= 11 is 0. The van der Waals surface area contributed by atoms with Gasteiger partial charge in [-0.1, -0.05) is 30.3 Å². The molecule has 1 atom stereocenters. The highest BCUT2D eigenvalue weighted by Gasteiger charge is 2.35. The Kier molecular flexibility index (Phi) is 4.98. The van der Waals surface area contributed by atoms with E-state index in [9.17, 15) is 9.59 Å². The first-order valence-electron chi connectivity index (χ1n) is 9.47. The van der Waals surface area contributed by atoms with Gasteiger partial charge in [0.1, 0.15) is 5.75 Å². The number of nitrogens with zero attached hydrogens (tertiary/aromatic N) is 1. The molecule has 0 bridgehead atoms. The summed E-state index contributed by atoms with van der Waals surface area (Å²) in [6, 6.07) is 21.2. The van der Waals surface area contributed by atoms with Gasteiger partial charge in [0.2, 0.25) is 11.8 Å². The predicted molar refractivity (Wildman–Crippen MR) is 111 cm³/mol. The van der Waals surface area contributed by atoms with E-state index in [1.54, 1.807) is 4.90 Å². The third-order valence-corrected chi connectivity index (χ3v) is 4.97. The Bertz CT molecular complexity index is 1010. The van der Waals surface area contributed by atoms with E-state index in [-0.39, 0.29) is 24.2 Å². The van der Waals surface area contributed by atoms with Crippen molar-refractivity contribution >= 4 is 34.0 Å². The first-order chi connectivity index (χ1) is 13.6. The summed E-state index contributed by atoms with van der Waals surface area (Å²) < 4.78 is 5.44. The van der Waals surface area contributed by atoms with E-state index < -0.39 is 0 Å². The van der Waals surface area contributed by atoms with Crippen molar-refractivity contribution in [3.05, 3.63) is 66.7 Å². The molecule has 1 N–H and O–H groups in total. The summed E-state index contributed by atoms with van der Waals surface area (Å²) in [5, 5.41) is 5.15. The zero-order valence-electron chi connectivity index (χ0n) is 15.7. The summed E-state index contributed by atoms with van der Waals surface area (Å²) in [5.74, 6) is 0.230. The zero-order valence-corrected chi connectivity index (χ0v) is 15.7. The van der Waals surface area contributed by atoms with Crippen LogP contribution in [-0.2, 0) is 9.59 Å². The number of nitrogens with one attached hydrogen (secondary N) is 1. The number of amides is 2. The van der Waals surface area contributed by atoms with E-state index in [4.69, 9.17) is 4.74 Å². The summed E-state index contributed by atoms with van der Waals surface area (Å²) in [7, 11) is 0. The Morgan fingerprint density at radius 1 is 1.07 bits per heavy atom. The van der Waals surface area contributed by atoms with E-state index >= 15 is 0 Å². The molecule has 4 rings (SSSR count). The second-order valence-corrected chi connectivity index (χ2v) is 6.88. The van der Waals surface area contributed by atoms with Crippen molar-refractivity contribution in [1.29, 1.82) is 0 Å².